The average molecular weight is 167 g/mol. The van der Waals surface area contributed by atoms with Crippen molar-refractivity contribution in [2.24, 2.45) is 11.5 Å². The van der Waals surface area contributed by atoms with Crippen molar-refractivity contribution in [1.29, 1.82) is 0 Å². The van der Waals surface area contributed by atoms with Gasteiger partial charge in [0.25, 0.3) is 0 Å². The molecule has 0 amide bonds. The summed E-state index contributed by atoms with van der Waals surface area (Å²) in [5, 5.41) is 2.82. The summed E-state index contributed by atoms with van der Waals surface area (Å²) in [7, 11) is 0. The summed E-state index contributed by atoms with van der Waals surface area (Å²) in [5.41, 5.74) is 10.2. The first-order valence-corrected chi connectivity index (χ1v) is 3.78. The van der Waals surface area contributed by atoms with Gasteiger partial charge in [0, 0.05) is 24.9 Å². The molecule has 0 saturated carbocycles. The molecule has 0 aliphatic rings. The lowest BCUT2D eigenvalue weighted by molar-refractivity contribution is 0.319. The highest BCUT2D eigenvalue weighted by Gasteiger charge is 2.04. The maximum Gasteiger partial charge on any atom is 0.161 e. The standard InChI is InChI=1S/C5H14FN3S/c6-5(8)2-9-4(1-7)3-10/h4-5,9-10H,1-3,7-8H2/t4-,5+/m0/s1. The molecule has 2 atom stereocenters. The zero-order chi connectivity index (χ0) is 7.98. The Kier molecular flexibility index (Phi) is 6.00. The second-order valence-corrected chi connectivity index (χ2v) is 2.40. The fourth-order valence-electron chi connectivity index (χ4n) is 0.502. The first kappa shape index (κ1) is 10.2. The lowest BCUT2D eigenvalue weighted by Crippen LogP contribution is -2.42. The molecule has 0 aromatic rings. The molecule has 0 fully saturated rings. The van der Waals surface area contributed by atoms with Crippen LogP contribution < -0.4 is 16.8 Å². The summed E-state index contributed by atoms with van der Waals surface area (Å²) >= 11 is 3.99. The van der Waals surface area contributed by atoms with E-state index >= 15 is 0 Å². The third-order valence-corrected chi connectivity index (χ3v) is 1.55. The SMILES string of the molecule is NC[C@@H](CS)NC[C@@H](N)F. The highest BCUT2D eigenvalue weighted by atomic mass is 32.1. The van der Waals surface area contributed by atoms with Gasteiger partial charge in [-0.1, -0.05) is 0 Å². The van der Waals surface area contributed by atoms with E-state index in [2.05, 4.69) is 17.9 Å². The molecule has 62 valence electrons. The van der Waals surface area contributed by atoms with Crippen LogP contribution >= 0.6 is 12.6 Å². The minimum atomic E-state index is -1.31. The number of nitrogens with one attached hydrogen (secondary N) is 1. The van der Waals surface area contributed by atoms with Gasteiger partial charge < -0.3 is 16.8 Å². The molecule has 0 aliphatic heterocycles. The van der Waals surface area contributed by atoms with E-state index in [0.29, 0.717) is 12.3 Å². The smallest absolute Gasteiger partial charge is 0.161 e. The molecule has 0 bridgehead atoms. The number of nitrogens with two attached hydrogens (primary N) is 2. The van der Waals surface area contributed by atoms with E-state index in [9.17, 15) is 4.39 Å². The third-order valence-electron chi connectivity index (χ3n) is 1.11. The minimum absolute atomic E-state index is 0.0603. The molecule has 0 radical (unpaired) electrons. The van der Waals surface area contributed by atoms with Crippen LogP contribution in [0.1, 0.15) is 0 Å². The summed E-state index contributed by atoms with van der Waals surface area (Å²) in [6.45, 7) is 0.596. The Morgan fingerprint density at radius 2 is 2.20 bits per heavy atom. The van der Waals surface area contributed by atoms with Crippen molar-refractivity contribution in [3.05, 3.63) is 0 Å². The van der Waals surface area contributed by atoms with Gasteiger partial charge in [-0.2, -0.15) is 12.6 Å². The second-order valence-electron chi connectivity index (χ2n) is 2.04. The lowest BCUT2D eigenvalue weighted by atomic mass is 10.3. The predicted molar refractivity (Wildman–Crippen MR) is 43.8 cm³/mol. The lowest BCUT2D eigenvalue weighted by Gasteiger charge is -2.13. The van der Waals surface area contributed by atoms with Gasteiger partial charge in [-0.05, 0) is 0 Å². The highest BCUT2D eigenvalue weighted by molar-refractivity contribution is 7.80. The predicted octanol–water partition coefficient (Wildman–Crippen LogP) is -0.913. The van der Waals surface area contributed by atoms with Crippen molar-refractivity contribution in [3.8, 4) is 0 Å². The average Bonchev–Trinajstić information content (AvgIpc) is 1.90. The van der Waals surface area contributed by atoms with E-state index in [0.717, 1.165) is 0 Å². The zero-order valence-electron chi connectivity index (χ0n) is 5.76. The zero-order valence-corrected chi connectivity index (χ0v) is 6.65. The molecule has 0 aliphatic carbocycles. The van der Waals surface area contributed by atoms with E-state index in [1.165, 1.54) is 0 Å². The maximum absolute atomic E-state index is 12.0. The molecule has 0 aromatic carbocycles. The Balaban J connectivity index is 3.26. The van der Waals surface area contributed by atoms with Gasteiger partial charge >= 0.3 is 0 Å². The number of hydrogen-bond acceptors (Lipinski definition) is 4. The largest absolute Gasteiger partial charge is 0.329 e. The van der Waals surface area contributed by atoms with Gasteiger partial charge in [-0.25, -0.2) is 4.39 Å². The Morgan fingerprint density at radius 3 is 2.50 bits per heavy atom. The highest BCUT2D eigenvalue weighted by Crippen LogP contribution is 1.85. The molecule has 5 heteroatoms. The first-order chi connectivity index (χ1) is 4.70. The van der Waals surface area contributed by atoms with Gasteiger partial charge in [0.1, 0.15) is 0 Å². The van der Waals surface area contributed by atoms with Gasteiger partial charge in [-0.15, -0.1) is 0 Å². The van der Waals surface area contributed by atoms with Gasteiger partial charge in [0.2, 0.25) is 0 Å². The van der Waals surface area contributed by atoms with Crippen molar-refractivity contribution in [2.45, 2.75) is 12.3 Å². The monoisotopic (exact) mass is 167 g/mol. The molecule has 0 aromatic heterocycles. The molecular weight excluding hydrogens is 153 g/mol. The molecule has 0 heterocycles. The van der Waals surface area contributed by atoms with Gasteiger partial charge in [0.05, 0.1) is 0 Å². The molecule has 3 nitrogen and oxygen atoms in total. The van der Waals surface area contributed by atoms with Crippen molar-refractivity contribution in [2.75, 3.05) is 18.8 Å². The van der Waals surface area contributed by atoms with Crippen molar-refractivity contribution in [3.63, 3.8) is 0 Å². The Hall–Kier alpha value is 0.160. The quantitative estimate of drug-likeness (QED) is 0.316. The fourth-order valence-corrected chi connectivity index (χ4v) is 0.780. The van der Waals surface area contributed by atoms with E-state index in [4.69, 9.17) is 11.5 Å². The molecule has 5 N–H and O–H groups in total. The molecule has 0 spiro atoms. The van der Waals surface area contributed by atoms with E-state index in [-0.39, 0.29) is 12.6 Å². The van der Waals surface area contributed by atoms with Crippen molar-refractivity contribution >= 4 is 12.6 Å². The molecule has 0 unspecified atom stereocenters. The van der Waals surface area contributed by atoms with Crippen LogP contribution in [0, 0.1) is 0 Å². The summed E-state index contributed by atoms with van der Waals surface area (Å²) in [4.78, 5) is 0. The van der Waals surface area contributed by atoms with Crippen LogP contribution in [-0.2, 0) is 0 Å². The number of thiol groups is 1. The Labute approximate surface area is 65.7 Å². The van der Waals surface area contributed by atoms with Crippen molar-refractivity contribution in [1.82, 2.24) is 5.32 Å². The summed E-state index contributed by atoms with van der Waals surface area (Å²) < 4.78 is 12.0. The summed E-state index contributed by atoms with van der Waals surface area (Å²) in [6, 6.07) is 0.0603. The summed E-state index contributed by atoms with van der Waals surface area (Å²) in [5.74, 6) is 0.600. The topological polar surface area (TPSA) is 64.1 Å². The van der Waals surface area contributed by atoms with E-state index in [1.54, 1.807) is 0 Å². The van der Waals surface area contributed by atoms with Crippen LogP contribution in [0.3, 0.4) is 0 Å². The Bertz CT molecular complexity index is 77.3. The minimum Gasteiger partial charge on any atom is -0.329 e. The van der Waals surface area contributed by atoms with Crippen LogP contribution in [0.4, 0.5) is 4.39 Å². The molecule has 0 rings (SSSR count). The number of rotatable bonds is 5. The number of halogens is 1. The molecule has 0 saturated heterocycles. The summed E-state index contributed by atoms with van der Waals surface area (Å²) in [6.07, 6.45) is -1.31. The third kappa shape index (κ3) is 4.99. The number of alkyl halides is 1. The van der Waals surface area contributed by atoms with Crippen molar-refractivity contribution < 1.29 is 4.39 Å². The van der Waals surface area contributed by atoms with Crippen LogP contribution in [0.5, 0.6) is 0 Å². The maximum atomic E-state index is 12.0. The van der Waals surface area contributed by atoms with E-state index < -0.39 is 6.30 Å². The van der Waals surface area contributed by atoms with Gasteiger partial charge in [0.15, 0.2) is 6.30 Å². The Morgan fingerprint density at radius 1 is 1.60 bits per heavy atom. The molecule has 10 heavy (non-hydrogen) atoms. The normalized spacial score (nSPS) is 16.8. The van der Waals surface area contributed by atoms with Gasteiger partial charge in [-0.3, -0.25) is 0 Å². The second kappa shape index (κ2) is 5.91. The van der Waals surface area contributed by atoms with Crippen LogP contribution in [0.15, 0.2) is 0 Å². The molecular formula is C5H14FN3S. The van der Waals surface area contributed by atoms with E-state index in [1.807, 2.05) is 0 Å². The van der Waals surface area contributed by atoms with Crippen LogP contribution in [-0.4, -0.2) is 31.2 Å². The van der Waals surface area contributed by atoms with Crippen LogP contribution in [0.25, 0.3) is 0 Å². The first-order valence-electron chi connectivity index (χ1n) is 3.14. The fraction of sp³-hybridized carbons (Fsp3) is 1.00. The van der Waals surface area contributed by atoms with Crippen LogP contribution in [0.2, 0.25) is 0 Å². The number of hydrogen-bond donors (Lipinski definition) is 4.